The fourth-order valence-electron chi connectivity index (χ4n) is 2.48. The number of hydrogen-bond acceptors (Lipinski definition) is 7. The molecule has 3 rings (SSSR count). The van der Waals surface area contributed by atoms with Gasteiger partial charge in [0, 0.05) is 0 Å². The van der Waals surface area contributed by atoms with Crippen molar-refractivity contribution in [3.05, 3.63) is 59.2 Å². The van der Waals surface area contributed by atoms with E-state index in [1.807, 2.05) is 32.0 Å². The van der Waals surface area contributed by atoms with Crippen molar-refractivity contribution in [3.63, 3.8) is 0 Å². The van der Waals surface area contributed by atoms with E-state index < -0.39 is 5.97 Å². The number of rotatable bonds is 6. The summed E-state index contributed by atoms with van der Waals surface area (Å²) in [7, 11) is 1.30. The third-order valence-electron chi connectivity index (χ3n) is 4.11. The number of aryl methyl sites for hydroxylation is 2. The predicted octanol–water partition coefficient (Wildman–Crippen LogP) is 2.80. The number of methoxy groups -OCH3 is 1. The number of esters is 1. The van der Waals surface area contributed by atoms with Crippen molar-refractivity contribution >= 4 is 29.3 Å². The topological polar surface area (TPSA) is 99.0 Å². The van der Waals surface area contributed by atoms with Gasteiger partial charge in [0.2, 0.25) is 11.1 Å². The molecule has 0 aliphatic carbocycles. The number of carbonyl (C=O) groups is 2. The number of aromatic nitrogens is 4. The molecule has 0 saturated heterocycles. The Morgan fingerprint density at radius 1 is 1.14 bits per heavy atom. The Labute approximate surface area is 166 Å². The highest BCUT2D eigenvalue weighted by atomic mass is 32.2. The summed E-state index contributed by atoms with van der Waals surface area (Å²) in [6.07, 6.45) is 0. The average molecular weight is 397 g/mol. The molecule has 144 valence electrons. The molecular weight excluding hydrogens is 378 g/mol. The summed E-state index contributed by atoms with van der Waals surface area (Å²) in [6, 6.07) is 12.6. The van der Waals surface area contributed by atoms with Crippen LogP contribution in [0.5, 0.6) is 0 Å². The van der Waals surface area contributed by atoms with E-state index in [4.69, 9.17) is 4.74 Å². The number of tetrazole rings is 1. The largest absolute Gasteiger partial charge is 0.465 e. The number of nitrogens with one attached hydrogen (secondary N) is 1. The second-order valence-electron chi connectivity index (χ2n) is 6.02. The van der Waals surface area contributed by atoms with E-state index in [1.54, 1.807) is 28.9 Å². The first-order valence-corrected chi connectivity index (χ1v) is 9.44. The number of nitrogens with zero attached hydrogens (tertiary/aromatic N) is 4. The fraction of sp³-hybridized carbons (Fsp3) is 0.211. The Morgan fingerprint density at radius 3 is 2.68 bits per heavy atom. The zero-order valence-electron chi connectivity index (χ0n) is 15.7. The molecule has 1 heterocycles. The van der Waals surface area contributed by atoms with Gasteiger partial charge in [-0.3, -0.25) is 4.79 Å². The van der Waals surface area contributed by atoms with Crippen LogP contribution in [-0.2, 0) is 9.53 Å². The lowest BCUT2D eigenvalue weighted by atomic mass is 10.1. The molecule has 0 atom stereocenters. The van der Waals surface area contributed by atoms with Gasteiger partial charge in [-0.2, -0.15) is 4.68 Å². The lowest BCUT2D eigenvalue weighted by Gasteiger charge is -2.09. The van der Waals surface area contributed by atoms with Crippen LogP contribution in [0.3, 0.4) is 0 Å². The summed E-state index contributed by atoms with van der Waals surface area (Å²) in [5.74, 6) is -0.709. The first-order chi connectivity index (χ1) is 13.5. The van der Waals surface area contributed by atoms with Gasteiger partial charge in [-0.25, -0.2) is 4.79 Å². The second kappa shape index (κ2) is 8.66. The third-order valence-corrected chi connectivity index (χ3v) is 5.03. The van der Waals surface area contributed by atoms with E-state index in [-0.39, 0.29) is 11.7 Å². The highest BCUT2D eigenvalue weighted by Crippen LogP contribution is 2.21. The number of amides is 1. The summed E-state index contributed by atoms with van der Waals surface area (Å²) >= 11 is 1.20. The van der Waals surface area contributed by atoms with E-state index in [0.717, 1.165) is 11.3 Å². The maximum atomic E-state index is 12.4. The molecule has 0 fully saturated rings. The van der Waals surface area contributed by atoms with E-state index >= 15 is 0 Å². The minimum atomic E-state index is -0.512. The summed E-state index contributed by atoms with van der Waals surface area (Å²) in [4.78, 5) is 24.2. The molecule has 0 bridgehead atoms. The number of anilines is 1. The molecule has 1 amide bonds. The zero-order chi connectivity index (χ0) is 20.1. The molecule has 0 spiro atoms. The number of carbonyl (C=O) groups excluding carboxylic acids is 2. The Kier molecular flexibility index (Phi) is 6.05. The van der Waals surface area contributed by atoms with Crippen molar-refractivity contribution in [1.82, 2.24) is 20.2 Å². The van der Waals surface area contributed by atoms with Crippen LogP contribution < -0.4 is 5.32 Å². The van der Waals surface area contributed by atoms with Crippen LogP contribution in [0, 0.1) is 13.8 Å². The fourth-order valence-corrected chi connectivity index (χ4v) is 3.18. The van der Waals surface area contributed by atoms with Gasteiger partial charge in [0.1, 0.15) is 0 Å². The number of benzene rings is 2. The van der Waals surface area contributed by atoms with E-state index in [9.17, 15) is 9.59 Å². The van der Waals surface area contributed by atoms with Gasteiger partial charge < -0.3 is 10.1 Å². The normalized spacial score (nSPS) is 10.5. The lowest BCUT2D eigenvalue weighted by molar-refractivity contribution is -0.113. The molecule has 28 heavy (non-hydrogen) atoms. The molecule has 3 aromatic rings. The number of ether oxygens (including phenoxy) is 1. The minimum absolute atomic E-state index is 0.0841. The summed E-state index contributed by atoms with van der Waals surface area (Å²) < 4.78 is 6.32. The maximum Gasteiger partial charge on any atom is 0.339 e. The quantitative estimate of drug-likeness (QED) is 0.504. The van der Waals surface area contributed by atoms with Gasteiger partial charge in [-0.05, 0) is 59.7 Å². The van der Waals surface area contributed by atoms with Crippen LogP contribution in [-0.4, -0.2) is 44.9 Å². The summed E-state index contributed by atoms with van der Waals surface area (Å²) in [6.45, 7) is 4.05. The monoisotopic (exact) mass is 397 g/mol. The highest BCUT2D eigenvalue weighted by molar-refractivity contribution is 7.99. The van der Waals surface area contributed by atoms with E-state index in [2.05, 4.69) is 20.8 Å². The number of para-hydroxylation sites is 1. The summed E-state index contributed by atoms with van der Waals surface area (Å²) in [5, 5.41) is 14.9. The Balaban J connectivity index is 1.69. The Morgan fingerprint density at radius 2 is 1.93 bits per heavy atom. The van der Waals surface area contributed by atoms with Crippen molar-refractivity contribution in [3.8, 4) is 5.69 Å². The lowest BCUT2D eigenvalue weighted by Crippen LogP contribution is -2.17. The molecule has 8 nitrogen and oxygen atoms in total. The first kappa shape index (κ1) is 19.6. The average Bonchev–Trinajstić information content (AvgIpc) is 3.17. The van der Waals surface area contributed by atoms with Crippen LogP contribution in [0.4, 0.5) is 5.69 Å². The molecule has 0 radical (unpaired) electrons. The van der Waals surface area contributed by atoms with E-state index in [1.165, 1.54) is 24.4 Å². The Hall–Kier alpha value is -3.20. The van der Waals surface area contributed by atoms with Crippen LogP contribution in [0.2, 0.25) is 0 Å². The van der Waals surface area contributed by atoms with Crippen LogP contribution in [0.1, 0.15) is 21.5 Å². The SMILES string of the molecule is COC(=O)c1ccccc1NC(=O)CSc1nnnn1-c1ccc(C)c(C)c1. The van der Waals surface area contributed by atoms with Crippen LogP contribution >= 0.6 is 11.8 Å². The van der Waals surface area contributed by atoms with Gasteiger partial charge in [0.15, 0.2) is 0 Å². The zero-order valence-corrected chi connectivity index (χ0v) is 16.5. The molecule has 2 aromatic carbocycles. The van der Waals surface area contributed by atoms with Crippen molar-refractivity contribution in [1.29, 1.82) is 0 Å². The smallest absolute Gasteiger partial charge is 0.339 e. The molecule has 0 aliphatic rings. The van der Waals surface area contributed by atoms with Crippen molar-refractivity contribution in [2.24, 2.45) is 0 Å². The molecule has 9 heteroatoms. The van der Waals surface area contributed by atoms with Crippen molar-refractivity contribution in [2.45, 2.75) is 19.0 Å². The molecule has 0 aliphatic heterocycles. The minimum Gasteiger partial charge on any atom is -0.465 e. The highest BCUT2D eigenvalue weighted by Gasteiger charge is 2.15. The molecule has 0 saturated carbocycles. The molecular formula is C19H19N5O3S. The van der Waals surface area contributed by atoms with Crippen molar-refractivity contribution < 1.29 is 14.3 Å². The van der Waals surface area contributed by atoms with Gasteiger partial charge in [-0.15, -0.1) is 5.10 Å². The van der Waals surface area contributed by atoms with E-state index in [0.29, 0.717) is 16.4 Å². The van der Waals surface area contributed by atoms with Crippen LogP contribution in [0.25, 0.3) is 5.69 Å². The molecule has 1 aromatic heterocycles. The van der Waals surface area contributed by atoms with Crippen LogP contribution in [0.15, 0.2) is 47.6 Å². The number of thioether (sulfide) groups is 1. The maximum absolute atomic E-state index is 12.4. The molecule has 0 unspecified atom stereocenters. The number of hydrogen-bond donors (Lipinski definition) is 1. The van der Waals surface area contributed by atoms with Gasteiger partial charge >= 0.3 is 5.97 Å². The summed E-state index contributed by atoms with van der Waals surface area (Å²) in [5.41, 5.74) is 3.82. The van der Waals surface area contributed by atoms with Gasteiger partial charge in [-0.1, -0.05) is 30.0 Å². The molecule has 1 N–H and O–H groups in total. The predicted molar refractivity (Wildman–Crippen MR) is 106 cm³/mol. The third kappa shape index (κ3) is 4.37. The Bertz CT molecular complexity index is 1020. The standard InChI is InChI=1S/C19H19N5O3S/c1-12-8-9-14(10-13(12)2)24-19(21-22-23-24)28-11-17(25)20-16-7-5-4-6-15(16)18(26)27-3/h4-10H,11H2,1-3H3,(H,20,25). The van der Waals surface area contributed by atoms with Crippen molar-refractivity contribution in [2.75, 3.05) is 18.2 Å². The van der Waals surface area contributed by atoms with Gasteiger partial charge in [0.05, 0.1) is 29.8 Å². The first-order valence-electron chi connectivity index (χ1n) is 8.45. The second-order valence-corrected chi connectivity index (χ2v) is 6.96. The van der Waals surface area contributed by atoms with Gasteiger partial charge in [0.25, 0.3) is 0 Å².